The highest BCUT2D eigenvalue weighted by molar-refractivity contribution is 5.35. The number of para-hydroxylation sites is 1. The number of hydrogen-bond donors (Lipinski definition) is 1. The van der Waals surface area contributed by atoms with Crippen molar-refractivity contribution in [2.45, 2.75) is 13.2 Å². The van der Waals surface area contributed by atoms with Crippen LogP contribution in [0.1, 0.15) is 12.5 Å². The molecule has 2 nitrogen and oxygen atoms in total. The van der Waals surface area contributed by atoms with E-state index in [4.69, 9.17) is 10.5 Å². The van der Waals surface area contributed by atoms with Crippen LogP contribution in [-0.4, -0.2) is 6.23 Å². The Morgan fingerprint density at radius 2 is 2.09 bits per heavy atom. The van der Waals surface area contributed by atoms with Crippen LogP contribution in [0.3, 0.4) is 0 Å². The maximum atomic E-state index is 5.44. The van der Waals surface area contributed by atoms with Crippen LogP contribution in [0.2, 0.25) is 0 Å². The number of ether oxygens (including phenoxy) is 1. The summed E-state index contributed by atoms with van der Waals surface area (Å²) < 4.78 is 5.26. The molecule has 0 aromatic heterocycles. The van der Waals surface area contributed by atoms with Crippen molar-refractivity contribution in [2.75, 3.05) is 0 Å². The molecule has 0 bridgehead atoms. The first-order valence-corrected chi connectivity index (χ1v) is 3.53. The second-order valence-electron chi connectivity index (χ2n) is 2.43. The second kappa shape index (κ2) is 3.39. The van der Waals surface area contributed by atoms with Gasteiger partial charge in [0, 0.05) is 0 Å². The molecule has 1 aromatic rings. The Labute approximate surface area is 67.0 Å². The van der Waals surface area contributed by atoms with Gasteiger partial charge in [0.15, 0.2) is 0 Å². The number of rotatable bonds is 2. The molecule has 0 aliphatic rings. The number of nitrogens with two attached hydrogens (primary N) is 1. The van der Waals surface area contributed by atoms with Crippen molar-refractivity contribution in [3.8, 4) is 5.75 Å². The predicted octanol–water partition coefficient (Wildman–Crippen LogP) is 1.55. The summed E-state index contributed by atoms with van der Waals surface area (Å²) in [5.41, 5.74) is 6.31. The zero-order chi connectivity index (χ0) is 8.27. The minimum absolute atomic E-state index is 0.280. The van der Waals surface area contributed by atoms with Crippen molar-refractivity contribution < 1.29 is 4.74 Å². The molecule has 1 radical (unpaired) electrons. The Morgan fingerprint density at radius 1 is 1.45 bits per heavy atom. The van der Waals surface area contributed by atoms with Gasteiger partial charge < -0.3 is 4.74 Å². The van der Waals surface area contributed by atoms with E-state index in [-0.39, 0.29) is 6.23 Å². The first kappa shape index (κ1) is 8.08. The van der Waals surface area contributed by atoms with Crippen LogP contribution < -0.4 is 10.5 Å². The Morgan fingerprint density at radius 3 is 2.64 bits per heavy atom. The SMILES string of the molecule is [CH2]c1ccccc1OC(C)N. The van der Waals surface area contributed by atoms with Gasteiger partial charge in [0.05, 0.1) is 0 Å². The summed E-state index contributed by atoms with van der Waals surface area (Å²) in [6.07, 6.45) is -0.280. The third-order valence-electron chi connectivity index (χ3n) is 1.29. The van der Waals surface area contributed by atoms with Gasteiger partial charge in [-0.1, -0.05) is 18.2 Å². The first-order chi connectivity index (χ1) is 5.20. The van der Waals surface area contributed by atoms with Crippen LogP contribution in [-0.2, 0) is 0 Å². The highest BCUT2D eigenvalue weighted by Crippen LogP contribution is 2.16. The Bertz CT molecular complexity index is 233. The molecule has 0 spiro atoms. The van der Waals surface area contributed by atoms with Crippen LogP contribution in [0.25, 0.3) is 0 Å². The molecule has 0 saturated carbocycles. The van der Waals surface area contributed by atoms with Crippen LogP contribution in [0.5, 0.6) is 5.75 Å². The van der Waals surface area contributed by atoms with E-state index in [1.165, 1.54) is 0 Å². The van der Waals surface area contributed by atoms with Crippen molar-refractivity contribution in [3.63, 3.8) is 0 Å². The fourth-order valence-corrected chi connectivity index (χ4v) is 0.819. The van der Waals surface area contributed by atoms with E-state index in [0.717, 1.165) is 11.3 Å². The summed E-state index contributed by atoms with van der Waals surface area (Å²) in [4.78, 5) is 0. The lowest BCUT2D eigenvalue weighted by atomic mass is 10.2. The Balaban J connectivity index is 2.78. The molecule has 2 N–H and O–H groups in total. The van der Waals surface area contributed by atoms with E-state index < -0.39 is 0 Å². The molecule has 1 aromatic carbocycles. The normalized spacial score (nSPS) is 12.6. The van der Waals surface area contributed by atoms with Crippen molar-refractivity contribution in [2.24, 2.45) is 5.73 Å². The Hall–Kier alpha value is -1.02. The number of hydrogen-bond acceptors (Lipinski definition) is 2. The quantitative estimate of drug-likeness (QED) is 0.649. The third-order valence-corrected chi connectivity index (χ3v) is 1.29. The van der Waals surface area contributed by atoms with E-state index in [2.05, 4.69) is 6.92 Å². The lowest BCUT2D eigenvalue weighted by Crippen LogP contribution is -2.22. The average Bonchev–Trinajstić information content (AvgIpc) is 1.93. The van der Waals surface area contributed by atoms with E-state index in [0.29, 0.717) is 0 Å². The predicted molar refractivity (Wildman–Crippen MR) is 45.2 cm³/mol. The monoisotopic (exact) mass is 150 g/mol. The minimum Gasteiger partial charge on any atom is -0.476 e. The van der Waals surface area contributed by atoms with Crippen LogP contribution in [0, 0.1) is 6.92 Å². The Kier molecular flexibility index (Phi) is 2.49. The van der Waals surface area contributed by atoms with Crippen LogP contribution >= 0.6 is 0 Å². The number of benzene rings is 1. The fourth-order valence-electron chi connectivity index (χ4n) is 0.819. The van der Waals surface area contributed by atoms with E-state index in [1.54, 1.807) is 6.92 Å². The summed E-state index contributed by atoms with van der Waals surface area (Å²) in [5.74, 6) is 0.752. The zero-order valence-corrected chi connectivity index (χ0v) is 6.58. The molecule has 0 fully saturated rings. The molecular weight excluding hydrogens is 138 g/mol. The van der Waals surface area contributed by atoms with Gasteiger partial charge in [0.25, 0.3) is 0 Å². The molecule has 0 aliphatic heterocycles. The minimum atomic E-state index is -0.280. The maximum Gasteiger partial charge on any atom is 0.144 e. The van der Waals surface area contributed by atoms with Crippen molar-refractivity contribution >= 4 is 0 Å². The summed E-state index contributed by atoms with van der Waals surface area (Å²) in [7, 11) is 0. The van der Waals surface area contributed by atoms with Crippen molar-refractivity contribution in [1.82, 2.24) is 0 Å². The van der Waals surface area contributed by atoms with Gasteiger partial charge in [-0.3, -0.25) is 5.73 Å². The zero-order valence-electron chi connectivity index (χ0n) is 6.58. The molecule has 0 saturated heterocycles. The third kappa shape index (κ3) is 2.24. The summed E-state index contributed by atoms with van der Waals surface area (Å²) in [5, 5.41) is 0. The summed E-state index contributed by atoms with van der Waals surface area (Å²) in [6, 6.07) is 7.55. The molecule has 0 aliphatic carbocycles. The van der Waals surface area contributed by atoms with Crippen molar-refractivity contribution in [1.29, 1.82) is 0 Å². The van der Waals surface area contributed by atoms with Gasteiger partial charge in [-0.2, -0.15) is 0 Å². The average molecular weight is 150 g/mol. The van der Waals surface area contributed by atoms with Gasteiger partial charge in [0.1, 0.15) is 12.0 Å². The maximum absolute atomic E-state index is 5.44. The standard InChI is InChI=1S/C9H12NO/c1-7-5-3-4-6-9(7)11-8(2)10/h3-6,8H,1,10H2,2H3. The smallest absolute Gasteiger partial charge is 0.144 e. The first-order valence-electron chi connectivity index (χ1n) is 3.53. The van der Waals surface area contributed by atoms with Crippen molar-refractivity contribution in [3.05, 3.63) is 36.8 Å². The second-order valence-corrected chi connectivity index (χ2v) is 2.43. The molecular formula is C9H12NO. The van der Waals surface area contributed by atoms with E-state index >= 15 is 0 Å². The van der Waals surface area contributed by atoms with Gasteiger partial charge >= 0.3 is 0 Å². The molecule has 11 heavy (non-hydrogen) atoms. The van der Waals surface area contributed by atoms with Gasteiger partial charge in [-0.15, -0.1) is 0 Å². The molecule has 2 heteroatoms. The summed E-state index contributed by atoms with van der Waals surface area (Å²) >= 11 is 0. The molecule has 1 unspecified atom stereocenters. The lowest BCUT2D eigenvalue weighted by Gasteiger charge is -2.10. The molecule has 0 heterocycles. The van der Waals surface area contributed by atoms with E-state index in [1.807, 2.05) is 24.3 Å². The van der Waals surface area contributed by atoms with Gasteiger partial charge in [0.2, 0.25) is 0 Å². The molecule has 1 rings (SSSR count). The lowest BCUT2D eigenvalue weighted by molar-refractivity contribution is 0.229. The molecule has 1 atom stereocenters. The van der Waals surface area contributed by atoms with Gasteiger partial charge in [-0.25, -0.2) is 0 Å². The molecule has 59 valence electrons. The van der Waals surface area contributed by atoms with Gasteiger partial charge in [-0.05, 0) is 25.5 Å². The fraction of sp³-hybridized carbons (Fsp3) is 0.222. The molecule has 0 amide bonds. The highest BCUT2D eigenvalue weighted by Gasteiger charge is 1.98. The topological polar surface area (TPSA) is 35.2 Å². The highest BCUT2D eigenvalue weighted by atomic mass is 16.5. The summed E-state index contributed by atoms with van der Waals surface area (Å²) in [6.45, 7) is 5.58. The largest absolute Gasteiger partial charge is 0.476 e. The van der Waals surface area contributed by atoms with Crippen LogP contribution in [0.4, 0.5) is 0 Å². The van der Waals surface area contributed by atoms with Crippen LogP contribution in [0.15, 0.2) is 24.3 Å². The van der Waals surface area contributed by atoms with E-state index in [9.17, 15) is 0 Å².